The fraction of sp³-hybridized carbons (Fsp3) is 0.667. The molecule has 0 heterocycles. The fourth-order valence-corrected chi connectivity index (χ4v) is 5.32. The number of carbonyl (C=O) groups is 1. The van der Waals surface area contributed by atoms with Gasteiger partial charge in [0.05, 0.1) is 18.6 Å². The number of rotatable bonds is 2. The van der Waals surface area contributed by atoms with Gasteiger partial charge in [0.1, 0.15) is 11.5 Å². The number of hydrogen-bond donors (Lipinski definition) is 1. The quantitative estimate of drug-likeness (QED) is 0.891. The van der Waals surface area contributed by atoms with E-state index in [4.69, 9.17) is 4.74 Å². The van der Waals surface area contributed by atoms with Gasteiger partial charge < -0.3 is 9.84 Å². The van der Waals surface area contributed by atoms with Crippen molar-refractivity contribution < 1.29 is 14.6 Å². The van der Waals surface area contributed by atoms with Gasteiger partial charge in [-0.05, 0) is 54.2 Å². The van der Waals surface area contributed by atoms with Crippen molar-refractivity contribution in [3.05, 3.63) is 28.8 Å². The number of benzene rings is 1. The number of carbonyl (C=O) groups excluding carboxylic acids is 1. The van der Waals surface area contributed by atoms with Crippen molar-refractivity contribution in [3.8, 4) is 5.75 Å². The molecule has 3 atom stereocenters. The van der Waals surface area contributed by atoms with Crippen molar-refractivity contribution in [1.82, 2.24) is 0 Å². The Bertz CT molecular complexity index is 674. The number of methoxy groups -OCH3 is 1. The Labute approximate surface area is 145 Å². The molecular weight excluding hydrogens is 300 g/mol. The Morgan fingerprint density at radius 1 is 1.25 bits per heavy atom. The molecule has 0 amide bonds. The summed E-state index contributed by atoms with van der Waals surface area (Å²) in [7, 11) is 1.71. The van der Waals surface area contributed by atoms with Crippen molar-refractivity contribution in [1.29, 1.82) is 0 Å². The second-order valence-electron chi connectivity index (χ2n) is 8.62. The second-order valence-corrected chi connectivity index (χ2v) is 8.62. The molecule has 1 N–H and O–H groups in total. The number of aliphatic hydroxyl groups excluding tert-OH is 1. The molecule has 3 nitrogen and oxygen atoms in total. The van der Waals surface area contributed by atoms with Gasteiger partial charge in [0, 0.05) is 12.0 Å². The minimum Gasteiger partial charge on any atom is -0.496 e. The highest BCUT2D eigenvalue weighted by molar-refractivity contribution is 5.92. The Balaban J connectivity index is 2.24. The highest BCUT2D eigenvalue weighted by Gasteiger charge is 2.58. The van der Waals surface area contributed by atoms with Crippen LogP contribution in [-0.2, 0) is 16.6 Å². The molecule has 0 radical (unpaired) electrons. The van der Waals surface area contributed by atoms with Crippen LogP contribution < -0.4 is 4.74 Å². The zero-order chi connectivity index (χ0) is 17.9. The van der Waals surface area contributed by atoms with Gasteiger partial charge in [0.25, 0.3) is 0 Å². The van der Waals surface area contributed by atoms with E-state index in [1.54, 1.807) is 7.11 Å². The normalized spacial score (nSPS) is 31.6. The van der Waals surface area contributed by atoms with Crippen molar-refractivity contribution in [2.24, 2.45) is 11.3 Å². The van der Waals surface area contributed by atoms with Crippen LogP contribution in [0.2, 0.25) is 0 Å². The van der Waals surface area contributed by atoms with Crippen LogP contribution >= 0.6 is 0 Å². The molecule has 3 heteroatoms. The molecule has 132 valence electrons. The number of Topliss-reactive ketones (excluding diaryl/α,β-unsaturated/α-hetero) is 1. The lowest BCUT2D eigenvalue weighted by molar-refractivity contribution is -0.145. The Kier molecular flexibility index (Phi) is 4.07. The van der Waals surface area contributed by atoms with E-state index in [9.17, 15) is 9.90 Å². The summed E-state index contributed by atoms with van der Waals surface area (Å²) in [6.07, 6.45) is 1.59. The Morgan fingerprint density at radius 3 is 2.50 bits per heavy atom. The largest absolute Gasteiger partial charge is 0.496 e. The van der Waals surface area contributed by atoms with E-state index in [0.717, 1.165) is 24.2 Å². The minimum absolute atomic E-state index is 0.169. The predicted molar refractivity (Wildman–Crippen MR) is 95.7 cm³/mol. The van der Waals surface area contributed by atoms with Crippen LogP contribution in [-0.4, -0.2) is 24.1 Å². The summed E-state index contributed by atoms with van der Waals surface area (Å²) in [5, 5.41) is 10.5. The van der Waals surface area contributed by atoms with Crippen molar-refractivity contribution in [2.75, 3.05) is 7.11 Å². The molecule has 1 aromatic rings. The van der Waals surface area contributed by atoms with Crippen LogP contribution in [0.3, 0.4) is 0 Å². The first kappa shape index (κ1) is 17.5. The van der Waals surface area contributed by atoms with E-state index >= 15 is 0 Å². The van der Waals surface area contributed by atoms with E-state index < -0.39 is 11.5 Å². The smallest absolute Gasteiger partial charge is 0.146 e. The fourth-order valence-electron chi connectivity index (χ4n) is 5.32. The van der Waals surface area contributed by atoms with Crippen molar-refractivity contribution in [3.63, 3.8) is 0 Å². The van der Waals surface area contributed by atoms with E-state index in [0.29, 0.717) is 5.92 Å². The number of hydrogen-bond acceptors (Lipinski definition) is 3. The van der Waals surface area contributed by atoms with E-state index in [-0.39, 0.29) is 23.5 Å². The summed E-state index contributed by atoms with van der Waals surface area (Å²) < 4.78 is 5.60. The van der Waals surface area contributed by atoms with Crippen LogP contribution in [0.4, 0.5) is 0 Å². The average molecular weight is 330 g/mol. The first-order chi connectivity index (χ1) is 11.2. The maximum Gasteiger partial charge on any atom is 0.146 e. The van der Waals surface area contributed by atoms with Crippen molar-refractivity contribution >= 4 is 5.78 Å². The first-order valence-electron chi connectivity index (χ1n) is 9.07. The van der Waals surface area contributed by atoms with Crippen LogP contribution in [0.15, 0.2) is 12.1 Å². The van der Waals surface area contributed by atoms with E-state index in [2.05, 4.69) is 40.7 Å². The maximum absolute atomic E-state index is 13.1. The molecule has 1 fully saturated rings. The van der Waals surface area contributed by atoms with Gasteiger partial charge >= 0.3 is 0 Å². The van der Waals surface area contributed by atoms with Crippen LogP contribution in [0, 0.1) is 11.3 Å². The van der Waals surface area contributed by atoms with Gasteiger partial charge in [-0.3, -0.25) is 4.79 Å². The zero-order valence-corrected chi connectivity index (χ0v) is 15.8. The molecule has 24 heavy (non-hydrogen) atoms. The molecule has 3 rings (SSSR count). The lowest BCUT2D eigenvalue weighted by Crippen LogP contribution is -2.58. The number of ketones is 1. The first-order valence-corrected chi connectivity index (χ1v) is 9.07. The van der Waals surface area contributed by atoms with E-state index in [1.165, 1.54) is 11.1 Å². The lowest BCUT2D eigenvalue weighted by Gasteiger charge is -2.55. The highest BCUT2D eigenvalue weighted by Crippen LogP contribution is 2.56. The molecule has 0 aromatic heterocycles. The van der Waals surface area contributed by atoms with Gasteiger partial charge in [-0.15, -0.1) is 0 Å². The third-order valence-electron chi connectivity index (χ3n) is 6.77. The third-order valence-corrected chi connectivity index (χ3v) is 6.77. The number of ether oxygens (including phenoxy) is 1. The van der Waals surface area contributed by atoms with Crippen molar-refractivity contribution in [2.45, 2.75) is 71.3 Å². The second kappa shape index (κ2) is 5.59. The van der Waals surface area contributed by atoms with Crippen LogP contribution in [0.25, 0.3) is 0 Å². The van der Waals surface area contributed by atoms with Crippen LogP contribution in [0.1, 0.15) is 70.1 Å². The lowest BCUT2D eigenvalue weighted by atomic mass is 9.48. The van der Waals surface area contributed by atoms with Crippen LogP contribution in [0.5, 0.6) is 5.75 Å². The summed E-state index contributed by atoms with van der Waals surface area (Å²) >= 11 is 0. The molecule has 0 aliphatic heterocycles. The monoisotopic (exact) mass is 330 g/mol. The molecule has 0 saturated heterocycles. The highest BCUT2D eigenvalue weighted by atomic mass is 16.5. The Morgan fingerprint density at radius 2 is 1.92 bits per heavy atom. The summed E-state index contributed by atoms with van der Waals surface area (Å²) in [6, 6.07) is 4.12. The molecule has 1 unspecified atom stereocenters. The number of fused-ring (bicyclic) bond motifs is 3. The van der Waals surface area contributed by atoms with E-state index in [1.807, 2.05) is 6.07 Å². The van der Waals surface area contributed by atoms with Gasteiger partial charge in [-0.1, -0.05) is 33.8 Å². The van der Waals surface area contributed by atoms with Gasteiger partial charge in [0.2, 0.25) is 0 Å². The molecular formula is C21H30O3. The van der Waals surface area contributed by atoms with Gasteiger partial charge in [-0.2, -0.15) is 0 Å². The zero-order valence-electron chi connectivity index (χ0n) is 15.8. The van der Waals surface area contributed by atoms with Gasteiger partial charge in [-0.25, -0.2) is 0 Å². The number of aliphatic hydroxyl groups is 1. The summed E-state index contributed by atoms with van der Waals surface area (Å²) in [5.74, 6) is 1.63. The molecule has 2 aliphatic rings. The molecule has 1 saturated carbocycles. The summed E-state index contributed by atoms with van der Waals surface area (Å²) in [6.45, 7) is 10.7. The topological polar surface area (TPSA) is 46.5 Å². The standard InChI is InChI=1S/C21H30O3/c1-12(2)19-13-7-10-16-20(3,4)17(22)11-18(23)21(16,5)14(13)8-9-15(19)24-6/h8-9,12,16-17,22H,7,10-11H2,1-6H3/t16?,17-,21+/m0/s1. The summed E-state index contributed by atoms with van der Waals surface area (Å²) in [4.78, 5) is 13.1. The minimum atomic E-state index is -0.549. The third kappa shape index (κ3) is 2.17. The predicted octanol–water partition coefficient (Wildman–Crippen LogP) is 4.00. The maximum atomic E-state index is 13.1. The summed E-state index contributed by atoms with van der Waals surface area (Å²) in [5.41, 5.74) is 2.94. The van der Waals surface area contributed by atoms with Gasteiger partial charge in [0.15, 0.2) is 0 Å². The molecule has 0 spiro atoms. The SMILES string of the molecule is COc1ccc2c(c1C(C)C)CCC1C(C)(C)[C@@H](O)CC(=O)[C@]21C. The molecule has 1 aromatic carbocycles. The molecule has 2 aliphatic carbocycles. The molecule has 0 bridgehead atoms. The average Bonchev–Trinajstić information content (AvgIpc) is 2.52. The Hall–Kier alpha value is -1.35.